The molecule has 0 radical (unpaired) electrons. The second-order valence-electron chi connectivity index (χ2n) is 8.86. The molecule has 0 atom stereocenters. The third kappa shape index (κ3) is 6.14. The number of nitrogens with zero attached hydrogens (tertiary/aromatic N) is 4. The van der Waals surface area contributed by atoms with Crippen LogP contribution in [0.1, 0.15) is 36.5 Å². The van der Waals surface area contributed by atoms with Crippen LogP contribution in [0.3, 0.4) is 0 Å². The molecule has 0 bridgehead atoms. The SMILES string of the molecule is COc1ccc(-c2noc(CN3CCN(C(=O)c4ccc(OCCC(C)C)cc4)CC3)n2)cc1. The van der Waals surface area contributed by atoms with E-state index in [-0.39, 0.29) is 5.91 Å². The predicted molar refractivity (Wildman–Crippen MR) is 129 cm³/mol. The second kappa shape index (κ2) is 11.2. The number of methoxy groups -OCH3 is 1. The zero-order valence-corrected chi connectivity index (χ0v) is 20.1. The molecule has 2 heterocycles. The maximum absolute atomic E-state index is 12.9. The van der Waals surface area contributed by atoms with Gasteiger partial charge in [0.2, 0.25) is 11.7 Å². The van der Waals surface area contributed by atoms with Gasteiger partial charge in [0.15, 0.2) is 0 Å². The van der Waals surface area contributed by atoms with Crippen molar-refractivity contribution in [1.82, 2.24) is 19.9 Å². The summed E-state index contributed by atoms with van der Waals surface area (Å²) < 4.78 is 16.4. The van der Waals surface area contributed by atoms with Crippen LogP contribution < -0.4 is 9.47 Å². The summed E-state index contributed by atoms with van der Waals surface area (Å²) in [5.74, 6) is 3.37. The van der Waals surface area contributed by atoms with Crippen molar-refractivity contribution in [3.8, 4) is 22.9 Å². The molecule has 180 valence electrons. The summed E-state index contributed by atoms with van der Waals surface area (Å²) in [6.45, 7) is 8.42. The van der Waals surface area contributed by atoms with Gasteiger partial charge in [-0.3, -0.25) is 9.69 Å². The first-order valence-electron chi connectivity index (χ1n) is 11.7. The zero-order chi connectivity index (χ0) is 23.9. The fourth-order valence-corrected chi connectivity index (χ4v) is 3.77. The van der Waals surface area contributed by atoms with E-state index >= 15 is 0 Å². The van der Waals surface area contributed by atoms with E-state index in [0.29, 0.717) is 49.4 Å². The van der Waals surface area contributed by atoms with E-state index in [0.717, 1.165) is 36.6 Å². The molecular formula is C26H32N4O4. The lowest BCUT2D eigenvalue weighted by Gasteiger charge is -2.34. The molecular weight excluding hydrogens is 432 g/mol. The van der Waals surface area contributed by atoms with Crippen LogP contribution >= 0.6 is 0 Å². The van der Waals surface area contributed by atoms with Gasteiger partial charge in [-0.05, 0) is 60.9 Å². The Bertz CT molecular complexity index is 1060. The van der Waals surface area contributed by atoms with Gasteiger partial charge in [0.25, 0.3) is 5.91 Å². The lowest BCUT2D eigenvalue weighted by atomic mass is 10.1. The van der Waals surface area contributed by atoms with Crippen LogP contribution in [0.25, 0.3) is 11.4 Å². The molecule has 0 N–H and O–H groups in total. The van der Waals surface area contributed by atoms with Gasteiger partial charge in [-0.1, -0.05) is 19.0 Å². The van der Waals surface area contributed by atoms with Gasteiger partial charge in [-0.15, -0.1) is 0 Å². The van der Waals surface area contributed by atoms with Crippen LogP contribution in [0.15, 0.2) is 53.1 Å². The van der Waals surface area contributed by atoms with E-state index in [1.807, 2.05) is 53.4 Å². The summed E-state index contributed by atoms with van der Waals surface area (Å²) in [5, 5.41) is 4.10. The van der Waals surface area contributed by atoms with Gasteiger partial charge in [-0.25, -0.2) is 0 Å². The molecule has 4 rings (SSSR count). The van der Waals surface area contributed by atoms with Gasteiger partial charge >= 0.3 is 0 Å². The Morgan fingerprint density at radius 2 is 1.68 bits per heavy atom. The number of hydrogen-bond donors (Lipinski definition) is 0. The van der Waals surface area contributed by atoms with Crippen molar-refractivity contribution in [2.24, 2.45) is 5.92 Å². The van der Waals surface area contributed by atoms with Gasteiger partial charge < -0.3 is 18.9 Å². The largest absolute Gasteiger partial charge is 0.497 e. The topological polar surface area (TPSA) is 80.9 Å². The monoisotopic (exact) mass is 464 g/mol. The molecule has 8 nitrogen and oxygen atoms in total. The number of rotatable bonds is 9. The maximum atomic E-state index is 12.9. The highest BCUT2D eigenvalue weighted by Crippen LogP contribution is 2.21. The summed E-state index contributed by atoms with van der Waals surface area (Å²) in [4.78, 5) is 21.5. The third-order valence-electron chi connectivity index (χ3n) is 5.90. The lowest BCUT2D eigenvalue weighted by Crippen LogP contribution is -2.48. The number of ether oxygens (including phenoxy) is 2. The van der Waals surface area contributed by atoms with Crippen molar-refractivity contribution in [2.75, 3.05) is 39.9 Å². The number of amides is 1. The number of piperazine rings is 1. The zero-order valence-electron chi connectivity index (χ0n) is 20.1. The number of carbonyl (C=O) groups excluding carboxylic acids is 1. The lowest BCUT2D eigenvalue weighted by molar-refractivity contribution is 0.0615. The van der Waals surface area contributed by atoms with E-state index in [2.05, 4.69) is 28.9 Å². The van der Waals surface area contributed by atoms with E-state index < -0.39 is 0 Å². The molecule has 8 heteroatoms. The van der Waals surface area contributed by atoms with E-state index in [1.165, 1.54) is 0 Å². The minimum absolute atomic E-state index is 0.0490. The van der Waals surface area contributed by atoms with Crippen molar-refractivity contribution >= 4 is 5.91 Å². The van der Waals surface area contributed by atoms with Crippen LogP contribution in [0.4, 0.5) is 0 Å². The quantitative estimate of drug-likeness (QED) is 0.471. The highest BCUT2D eigenvalue weighted by atomic mass is 16.5. The fourth-order valence-electron chi connectivity index (χ4n) is 3.77. The molecule has 1 saturated heterocycles. The van der Waals surface area contributed by atoms with Crippen molar-refractivity contribution in [1.29, 1.82) is 0 Å². The molecule has 2 aromatic carbocycles. The molecule has 1 aliphatic heterocycles. The van der Waals surface area contributed by atoms with Gasteiger partial charge in [0.05, 0.1) is 20.3 Å². The molecule has 0 spiro atoms. The van der Waals surface area contributed by atoms with E-state index in [1.54, 1.807) is 7.11 Å². The standard InChI is InChI=1S/C26H32N4O4/c1-19(2)12-17-33-23-10-6-21(7-11-23)26(31)30-15-13-29(14-16-30)18-24-27-25(28-34-24)20-4-8-22(32-3)9-5-20/h4-11,19H,12-18H2,1-3H3. The molecule has 34 heavy (non-hydrogen) atoms. The number of carbonyl (C=O) groups is 1. The van der Waals surface area contributed by atoms with Crippen LogP contribution in [-0.2, 0) is 6.54 Å². The Balaban J connectivity index is 1.25. The normalized spacial score (nSPS) is 14.4. The summed E-state index contributed by atoms with van der Waals surface area (Å²) in [7, 11) is 1.63. The van der Waals surface area contributed by atoms with Gasteiger partial charge in [0, 0.05) is 37.3 Å². The summed E-state index contributed by atoms with van der Waals surface area (Å²) >= 11 is 0. The van der Waals surface area contributed by atoms with E-state index in [4.69, 9.17) is 14.0 Å². The Hall–Kier alpha value is -3.39. The van der Waals surface area contributed by atoms with Crippen molar-refractivity contribution in [3.63, 3.8) is 0 Å². The van der Waals surface area contributed by atoms with Crippen molar-refractivity contribution < 1.29 is 18.8 Å². The summed E-state index contributed by atoms with van der Waals surface area (Å²) in [6, 6.07) is 15.0. The highest BCUT2D eigenvalue weighted by Gasteiger charge is 2.23. The van der Waals surface area contributed by atoms with Gasteiger partial charge in [0.1, 0.15) is 11.5 Å². The minimum Gasteiger partial charge on any atom is -0.497 e. The number of benzene rings is 2. The Labute approximate surface area is 200 Å². The molecule has 1 aliphatic rings. The molecule has 0 saturated carbocycles. The van der Waals surface area contributed by atoms with Crippen molar-refractivity contribution in [2.45, 2.75) is 26.8 Å². The number of hydrogen-bond acceptors (Lipinski definition) is 7. The van der Waals surface area contributed by atoms with Crippen LogP contribution in [0.2, 0.25) is 0 Å². The first-order valence-corrected chi connectivity index (χ1v) is 11.7. The fraction of sp³-hybridized carbons (Fsp3) is 0.423. The smallest absolute Gasteiger partial charge is 0.253 e. The van der Waals surface area contributed by atoms with Gasteiger partial charge in [-0.2, -0.15) is 4.98 Å². The minimum atomic E-state index is 0.0490. The third-order valence-corrected chi connectivity index (χ3v) is 5.90. The molecule has 0 aliphatic carbocycles. The summed E-state index contributed by atoms with van der Waals surface area (Å²) in [5.41, 5.74) is 1.56. The first-order chi connectivity index (χ1) is 16.5. The maximum Gasteiger partial charge on any atom is 0.253 e. The second-order valence-corrected chi connectivity index (χ2v) is 8.86. The average Bonchev–Trinajstić information content (AvgIpc) is 3.33. The van der Waals surface area contributed by atoms with Crippen LogP contribution in [-0.4, -0.2) is 65.7 Å². The Morgan fingerprint density at radius 3 is 2.32 bits per heavy atom. The first kappa shape index (κ1) is 23.8. The summed E-state index contributed by atoms with van der Waals surface area (Å²) in [6.07, 6.45) is 1.01. The predicted octanol–water partition coefficient (Wildman–Crippen LogP) is 4.13. The highest BCUT2D eigenvalue weighted by molar-refractivity contribution is 5.94. The van der Waals surface area contributed by atoms with Crippen LogP contribution in [0, 0.1) is 5.92 Å². The van der Waals surface area contributed by atoms with Crippen LogP contribution in [0.5, 0.6) is 11.5 Å². The molecule has 0 unspecified atom stereocenters. The Kier molecular flexibility index (Phi) is 7.80. The molecule has 1 amide bonds. The molecule has 1 fully saturated rings. The molecule has 3 aromatic rings. The van der Waals surface area contributed by atoms with E-state index in [9.17, 15) is 4.79 Å². The number of aromatic nitrogens is 2. The van der Waals surface area contributed by atoms with Crippen molar-refractivity contribution in [3.05, 3.63) is 60.0 Å². The Morgan fingerprint density at radius 1 is 1.00 bits per heavy atom. The molecule has 1 aromatic heterocycles. The average molecular weight is 465 g/mol.